The molecule has 1 aromatic heterocycles. The molecule has 112 valence electrons. The zero-order valence-electron chi connectivity index (χ0n) is 12.7. The Labute approximate surface area is 129 Å². The third kappa shape index (κ3) is 2.03. The zero-order valence-corrected chi connectivity index (χ0v) is 12.7. The fourth-order valence-corrected chi connectivity index (χ4v) is 2.96. The van der Waals surface area contributed by atoms with E-state index in [9.17, 15) is 0 Å². The maximum atomic E-state index is 5.72. The Bertz CT molecular complexity index is 822. The Kier molecular flexibility index (Phi) is 3.03. The fourth-order valence-electron chi connectivity index (χ4n) is 2.96. The molecular weight excluding hydrogens is 276 g/mol. The van der Waals surface area contributed by atoms with E-state index in [0.29, 0.717) is 19.1 Å². The summed E-state index contributed by atoms with van der Waals surface area (Å²) in [5.74, 6) is 1.95. The minimum Gasteiger partial charge on any atom is -0.486 e. The second-order valence-electron chi connectivity index (χ2n) is 5.80. The SMILES string of the molecule is CC(C)c1c2cc3c(cc2nn1-c1ccccc1)OCCO3. The van der Waals surface area contributed by atoms with Crippen molar-refractivity contribution in [2.24, 2.45) is 0 Å². The van der Waals surface area contributed by atoms with Crippen LogP contribution in [0.1, 0.15) is 25.5 Å². The summed E-state index contributed by atoms with van der Waals surface area (Å²) in [6, 6.07) is 14.3. The number of nitrogens with zero attached hydrogens (tertiary/aromatic N) is 2. The number of ether oxygens (including phenoxy) is 2. The number of para-hydroxylation sites is 1. The molecule has 0 atom stereocenters. The maximum Gasteiger partial charge on any atom is 0.163 e. The molecule has 2 aromatic carbocycles. The van der Waals surface area contributed by atoms with E-state index in [4.69, 9.17) is 14.6 Å². The number of fused-ring (bicyclic) bond motifs is 2. The summed E-state index contributed by atoms with van der Waals surface area (Å²) in [6.07, 6.45) is 0. The van der Waals surface area contributed by atoms with E-state index >= 15 is 0 Å². The Morgan fingerprint density at radius 1 is 1.00 bits per heavy atom. The Morgan fingerprint density at radius 2 is 1.68 bits per heavy atom. The molecular formula is C18H18N2O2. The number of rotatable bonds is 2. The molecule has 1 aliphatic heterocycles. The van der Waals surface area contributed by atoms with Gasteiger partial charge in [-0.1, -0.05) is 32.0 Å². The quantitative estimate of drug-likeness (QED) is 0.718. The minimum absolute atomic E-state index is 0.354. The van der Waals surface area contributed by atoms with Crippen molar-refractivity contribution in [3.63, 3.8) is 0 Å². The van der Waals surface area contributed by atoms with Crippen LogP contribution in [-0.2, 0) is 0 Å². The van der Waals surface area contributed by atoms with Gasteiger partial charge in [-0.25, -0.2) is 4.68 Å². The third-order valence-electron chi connectivity index (χ3n) is 3.92. The van der Waals surface area contributed by atoms with Gasteiger partial charge in [0.15, 0.2) is 11.5 Å². The molecule has 4 heteroatoms. The average Bonchev–Trinajstić information content (AvgIpc) is 2.92. The highest BCUT2D eigenvalue weighted by atomic mass is 16.6. The predicted octanol–water partition coefficient (Wildman–Crippen LogP) is 3.92. The maximum absolute atomic E-state index is 5.72. The van der Waals surface area contributed by atoms with E-state index in [1.807, 2.05) is 28.9 Å². The average molecular weight is 294 g/mol. The molecule has 2 heterocycles. The first kappa shape index (κ1) is 13.2. The van der Waals surface area contributed by atoms with Crippen molar-refractivity contribution >= 4 is 10.9 Å². The molecule has 0 unspecified atom stereocenters. The van der Waals surface area contributed by atoms with Crippen molar-refractivity contribution in [1.82, 2.24) is 9.78 Å². The van der Waals surface area contributed by atoms with Crippen molar-refractivity contribution in [1.29, 1.82) is 0 Å². The highest BCUT2D eigenvalue weighted by molar-refractivity contribution is 5.86. The van der Waals surface area contributed by atoms with Crippen molar-refractivity contribution in [3.8, 4) is 17.2 Å². The van der Waals surface area contributed by atoms with Crippen LogP contribution in [0.5, 0.6) is 11.5 Å². The van der Waals surface area contributed by atoms with E-state index in [1.165, 1.54) is 5.69 Å². The van der Waals surface area contributed by atoms with Gasteiger partial charge in [0.2, 0.25) is 0 Å². The van der Waals surface area contributed by atoms with Gasteiger partial charge in [-0.3, -0.25) is 0 Å². The summed E-state index contributed by atoms with van der Waals surface area (Å²) in [6.45, 7) is 5.57. The highest BCUT2D eigenvalue weighted by Gasteiger charge is 2.20. The molecule has 0 N–H and O–H groups in total. The van der Waals surface area contributed by atoms with Crippen molar-refractivity contribution < 1.29 is 9.47 Å². The fraction of sp³-hybridized carbons (Fsp3) is 0.278. The Balaban J connectivity index is 1.99. The van der Waals surface area contributed by atoms with Crippen LogP contribution in [0, 0.1) is 0 Å². The monoisotopic (exact) mass is 294 g/mol. The number of benzene rings is 2. The lowest BCUT2D eigenvalue weighted by Crippen LogP contribution is -2.15. The largest absolute Gasteiger partial charge is 0.486 e. The van der Waals surface area contributed by atoms with Gasteiger partial charge in [0.05, 0.1) is 16.9 Å². The molecule has 4 rings (SSSR count). The van der Waals surface area contributed by atoms with Crippen LogP contribution < -0.4 is 9.47 Å². The molecule has 3 aromatic rings. The Morgan fingerprint density at radius 3 is 2.36 bits per heavy atom. The summed E-state index contributed by atoms with van der Waals surface area (Å²) in [4.78, 5) is 0. The lowest BCUT2D eigenvalue weighted by atomic mass is 10.0. The van der Waals surface area contributed by atoms with Gasteiger partial charge in [-0.2, -0.15) is 5.10 Å². The molecule has 0 amide bonds. The molecule has 0 saturated carbocycles. The molecule has 0 spiro atoms. The van der Waals surface area contributed by atoms with Crippen LogP contribution >= 0.6 is 0 Å². The summed E-state index contributed by atoms with van der Waals surface area (Å²) < 4.78 is 13.4. The third-order valence-corrected chi connectivity index (χ3v) is 3.92. The van der Waals surface area contributed by atoms with Gasteiger partial charge < -0.3 is 9.47 Å². The highest BCUT2D eigenvalue weighted by Crippen LogP contribution is 2.37. The van der Waals surface area contributed by atoms with Crippen LogP contribution in [0.4, 0.5) is 0 Å². The van der Waals surface area contributed by atoms with Crippen LogP contribution in [0.2, 0.25) is 0 Å². The lowest BCUT2D eigenvalue weighted by Gasteiger charge is -2.18. The molecule has 4 nitrogen and oxygen atoms in total. The van der Waals surface area contributed by atoms with Crippen LogP contribution in [0.15, 0.2) is 42.5 Å². The van der Waals surface area contributed by atoms with E-state index in [1.54, 1.807) is 0 Å². The summed E-state index contributed by atoms with van der Waals surface area (Å²) in [5, 5.41) is 5.92. The van der Waals surface area contributed by atoms with Crippen molar-refractivity contribution in [2.45, 2.75) is 19.8 Å². The second-order valence-corrected chi connectivity index (χ2v) is 5.80. The summed E-state index contributed by atoms with van der Waals surface area (Å²) in [7, 11) is 0. The van der Waals surface area contributed by atoms with E-state index in [-0.39, 0.29) is 0 Å². The topological polar surface area (TPSA) is 36.3 Å². The van der Waals surface area contributed by atoms with Crippen molar-refractivity contribution in [3.05, 3.63) is 48.2 Å². The molecule has 0 bridgehead atoms. The molecule has 0 aliphatic carbocycles. The van der Waals surface area contributed by atoms with Gasteiger partial charge in [0, 0.05) is 11.5 Å². The summed E-state index contributed by atoms with van der Waals surface area (Å²) in [5.41, 5.74) is 3.21. The molecule has 0 saturated heterocycles. The van der Waals surface area contributed by atoms with Crippen LogP contribution in [0.25, 0.3) is 16.6 Å². The van der Waals surface area contributed by atoms with Gasteiger partial charge in [0.1, 0.15) is 13.2 Å². The molecule has 0 fully saturated rings. The standard InChI is InChI=1S/C18H18N2O2/c1-12(2)18-14-10-16-17(22-9-8-21-16)11-15(14)19-20(18)13-6-4-3-5-7-13/h3-7,10-12H,8-9H2,1-2H3. The lowest BCUT2D eigenvalue weighted by molar-refractivity contribution is 0.172. The first-order valence-electron chi connectivity index (χ1n) is 7.62. The van der Waals surface area contributed by atoms with Crippen LogP contribution in [0.3, 0.4) is 0 Å². The smallest absolute Gasteiger partial charge is 0.163 e. The zero-order chi connectivity index (χ0) is 15.1. The number of hydrogen-bond donors (Lipinski definition) is 0. The normalized spacial score (nSPS) is 13.8. The number of hydrogen-bond acceptors (Lipinski definition) is 3. The van der Waals surface area contributed by atoms with E-state index < -0.39 is 0 Å². The van der Waals surface area contributed by atoms with E-state index in [0.717, 1.165) is 28.1 Å². The first-order chi connectivity index (χ1) is 10.7. The predicted molar refractivity (Wildman–Crippen MR) is 86.1 cm³/mol. The van der Waals surface area contributed by atoms with Gasteiger partial charge in [0.25, 0.3) is 0 Å². The molecule has 0 radical (unpaired) electrons. The minimum atomic E-state index is 0.354. The molecule has 1 aliphatic rings. The Hall–Kier alpha value is -2.49. The van der Waals surface area contributed by atoms with Gasteiger partial charge >= 0.3 is 0 Å². The second kappa shape index (κ2) is 5.05. The van der Waals surface area contributed by atoms with Crippen LogP contribution in [-0.4, -0.2) is 23.0 Å². The summed E-state index contributed by atoms with van der Waals surface area (Å²) >= 11 is 0. The van der Waals surface area contributed by atoms with Gasteiger partial charge in [-0.15, -0.1) is 0 Å². The van der Waals surface area contributed by atoms with Crippen molar-refractivity contribution in [2.75, 3.05) is 13.2 Å². The molecule has 22 heavy (non-hydrogen) atoms. The van der Waals surface area contributed by atoms with Gasteiger partial charge in [-0.05, 0) is 24.1 Å². The first-order valence-corrected chi connectivity index (χ1v) is 7.62. The number of aromatic nitrogens is 2. The van der Waals surface area contributed by atoms with E-state index in [2.05, 4.69) is 32.0 Å².